The van der Waals surface area contributed by atoms with E-state index >= 15 is 0 Å². The third kappa shape index (κ3) is 2.88. The Balaban J connectivity index is 2.76. The topological polar surface area (TPSA) is 0 Å². The van der Waals surface area contributed by atoms with Gasteiger partial charge in [0.05, 0.1) is 15.6 Å². The van der Waals surface area contributed by atoms with Crippen molar-refractivity contribution in [1.29, 1.82) is 0 Å². The molecule has 0 aliphatic carbocycles. The number of alkyl halides is 3. The summed E-state index contributed by atoms with van der Waals surface area (Å²) < 4.78 is 39.2. The Bertz CT molecular complexity index is 598. The van der Waals surface area contributed by atoms with Gasteiger partial charge < -0.3 is 0 Å². The number of hydrogen-bond donors (Lipinski definition) is 0. The Labute approximate surface area is 118 Å². The van der Waals surface area contributed by atoms with E-state index in [4.69, 9.17) is 23.2 Å². The highest BCUT2D eigenvalue weighted by Gasteiger charge is 2.34. The number of halogens is 5. The van der Waals surface area contributed by atoms with Crippen molar-refractivity contribution in [2.75, 3.05) is 0 Å². The van der Waals surface area contributed by atoms with Gasteiger partial charge in [-0.3, -0.25) is 0 Å². The monoisotopic (exact) mass is 302 g/mol. The van der Waals surface area contributed by atoms with Crippen LogP contribution in [0.5, 0.6) is 0 Å². The molecule has 0 fully saturated rings. The highest BCUT2D eigenvalue weighted by atomic mass is 35.5. The van der Waals surface area contributed by atoms with Gasteiger partial charge in [0.1, 0.15) is 0 Å². The summed E-state index contributed by atoms with van der Waals surface area (Å²) in [7, 11) is 0. The SMILES string of the molecule is [CH2]c1ccc(-c2c(Cl)c[c]cc2Cl)c(C(F)(F)F)c1. The van der Waals surface area contributed by atoms with Crippen molar-refractivity contribution < 1.29 is 13.2 Å². The van der Waals surface area contributed by atoms with E-state index in [2.05, 4.69) is 13.0 Å². The molecular formula is C14H7Cl2F3. The fraction of sp³-hybridized carbons (Fsp3) is 0.0714. The summed E-state index contributed by atoms with van der Waals surface area (Å²) >= 11 is 11.9. The van der Waals surface area contributed by atoms with E-state index in [9.17, 15) is 13.2 Å². The van der Waals surface area contributed by atoms with Crippen molar-refractivity contribution in [3.05, 3.63) is 64.5 Å². The van der Waals surface area contributed by atoms with Gasteiger partial charge in [-0.1, -0.05) is 35.3 Å². The van der Waals surface area contributed by atoms with Crippen molar-refractivity contribution >= 4 is 23.2 Å². The van der Waals surface area contributed by atoms with Crippen LogP contribution in [0, 0.1) is 13.0 Å². The number of hydrogen-bond acceptors (Lipinski definition) is 0. The lowest BCUT2D eigenvalue weighted by atomic mass is 9.97. The van der Waals surface area contributed by atoms with Gasteiger partial charge in [0.25, 0.3) is 0 Å². The van der Waals surface area contributed by atoms with E-state index in [1.807, 2.05) is 0 Å². The molecule has 0 saturated carbocycles. The third-order valence-corrected chi connectivity index (χ3v) is 3.15. The molecule has 0 atom stereocenters. The first-order valence-electron chi connectivity index (χ1n) is 5.19. The Kier molecular flexibility index (Phi) is 3.79. The average Bonchev–Trinajstić information content (AvgIpc) is 2.29. The molecule has 19 heavy (non-hydrogen) atoms. The third-order valence-electron chi connectivity index (χ3n) is 2.56. The van der Waals surface area contributed by atoms with E-state index < -0.39 is 11.7 Å². The average molecular weight is 303 g/mol. The van der Waals surface area contributed by atoms with Gasteiger partial charge in [0.2, 0.25) is 0 Å². The summed E-state index contributed by atoms with van der Waals surface area (Å²) in [4.78, 5) is 0. The van der Waals surface area contributed by atoms with E-state index in [-0.39, 0.29) is 26.7 Å². The second-order valence-electron chi connectivity index (χ2n) is 3.90. The van der Waals surface area contributed by atoms with Crippen molar-refractivity contribution in [1.82, 2.24) is 0 Å². The molecule has 0 saturated heterocycles. The minimum Gasteiger partial charge on any atom is -0.166 e. The van der Waals surface area contributed by atoms with E-state index in [0.29, 0.717) is 0 Å². The second-order valence-corrected chi connectivity index (χ2v) is 4.72. The Morgan fingerprint density at radius 2 is 1.63 bits per heavy atom. The Morgan fingerprint density at radius 3 is 2.16 bits per heavy atom. The Hall–Kier alpha value is -1.19. The standard InChI is InChI=1S/C14H7Cl2F3/c1-8-5-6-9(10(7-8)14(17,18)19)13-11(15)3-2-4-12(13)16/h3-7H,1H2. The predicted octanol–water partition coefficient (Wildman–Crippen LogP) is 5.66. The van der Waals surface area contributed by atoms with Gasteiger partial charge in [-0.2, -0.15) is 13.2 Å². The smallest absolute Gasteiger partial charge is 0.166 e. The maximum absolute atomic E-state index is 13.1. The van der Waals surface area contributed by atoms with Gasteiger partial charge in [-0.25, -0.2) is 0 Å². The summed E-state index contributed by atoms with van der Waals surface area (Å²) in [5.74, 6) is 0. The lowest BCUT2D eigenvalue weighted by molar-refractivity contribution is -0.137. The first-order valence-corrected chi connectivity index (χ1v) is 5.95. The van der Waals surface area contributed by atoms with Crippen LogP contribution in [0.25, 0.3) is 11.1 Å². The molecule has 0 heterocycles. The van der Waals surface area contributed by atoms with Crippen LogP contribution in [0.4, 0.5) is 13.2 Å². The lowest BCUT2D eigenvalue weighted by Crippen LogP contribution is -2.08. The normalized spacial score (nSPS) is 11.7. The molecule has 0 nitrogen and oxygen atoms in total. The molecule has 5 heteroatoms. The van der Waals surface area contributed by atoms with Gasteiger partial charge >= 0.3 is 6.18 Å². The van der Waals surface area contributed by atoms with Crippen molar-refractivity contribution in [3.8, 4) is 11.1 Å². The van der Waals surface area contributed by atoms with Gasteiger partial charge in [0.15, 0.2) is 0 Å². The molecule has 2 aromatic rings. The largest absolute Gasteiger partial charge is 0.417 e. The van der Waals surface area contributed by atoms with Crippen LogP contribution < -0.4 is 0 Å². The molecule has 0 aromatic heterocycles. The fourth-order valence-corrected chi connectivity index (χ4v) is 2.33. The number of benzene rings is 2. The molecule has 0 aliphatic rings. The second kappa shape index (κ2) is 5.06. The summed E-state index contributed by atoms with van der Waals surface area (Å²) in [6, 6.07) is 9.17. The zero-order valence-electron chi connectivity index (χ0n) is 9.48. The van der Waals surface area contributed by atoms with E-state index in [0.717, 1.165) is 6.07 Å². The van der Waals surface area contributed by atoms with Crippen LogP contribution in [0.3, 0.4) is 0 Å². The zero-order valence-corrected chi connectivity index (χ0v) is 11.0. The molecule has 0 spiro atoms. The first-order chi connectivity index (χ1) is 8.80. The van der Waals surface area contributed by atoms with Crippen molar-refractivity contribution in [2.24, 2.45) is 0 Å². The highest BCUT2D eigenvalue weighted by Crippen LogP contribution is 2.42. The van der Waals surface area contributed by atoms with Crippen molar-refractivity contribution in [3.63, 3.8) is 0 Å². The molecule has 2 rings (SSSR count). The summed E-state index contributed by atoms with van der Waals surface area (Å²) in [6.45, 7) is 3.50. The van der Waals surface area contributed by atoms with Gasteiger partial charge in [0, 0.05) is 5.56 Å². The first kappa shape index (κ1) is 14.2. The van der Waals surface area contributed by atoms with Gasteiger partial charge in [-0.15, -0.1) is 0 Å². The quantitative estimate of drug-likeness (QED) is 0.637. The zero-order chi connectivity index (χ0) is 14.2. The maximum atomic E-state index is 13.1. The van der Waals surface area contributed by atoms with Gasteiger partial charge in [-0.05, 0) is 42.3 Å². The van der Waals surface area contributed by atoms with E-state index in [1.165, 1.54) is 24.3 Å². The minimum atomic E-state index is -4.50. The van der Waals surface area contributed by atoms with Crippen LogP contribution in [0.2, 0.25) is 10.0 Å². The summed E-state index contributed by atoms with van der Waals surface area (Å²) in [5.41, 5.74) is -0.459. The van der Waals surface area contributed by atoms with Crippen LogP contribution in [0.15, 0.2) is 30.3 Å². The molecule has 0 bridgehead atoms. The molecule has 0 amide bonds. The molecule has 2 aromatic carbocycles. The number of rotatable bonds is 1. The molecule has 0 N–H and O–H groups in total. The predicted molar refractivity (Wildman–Crippen MR) is 70.2 cm³/mol. The van der Waals surface area contributed by atoms with Crippen LogP contribution in [-0.4, -0.2) is 0 Å². The van der Waals surface area contributed by atoms with Crippen molar-refractivity contribution in [2.45, 2.75) is 6.18 Å². The molecule has 0 aliphatic heterocycles. The molecule has 98 valence electrons. The summed E-state index contributed by atoms with van der Waals surface area (Å²) in [5, 5.41) is 0.240. The highest BCUT2D eigenvalue weighted by molar-refractivity contribution is 6.39. The Morgan fingerprint density at radius 1 is 1.05 bits per heavy atom. The maximum Gasteiger partial charge on any atom is 0.417 e. The van der Waals surface area contributed by atoms with E-state index in [1.54, 1.807) is 0 Å². The van der Waals surface area contributed by atoms with Crippen LogP contribution in [-0.2, 0) is 6.18 Å². The molecule has 0 unspecified atom stereocenters. The van der Waals surface area contributed by atoms with Crippen LogP contribution in [0.1, 0.15) is 11.1 Å². The minimum absolute atomic E-state index is 0.0658. The molecular weight excluding hydrogens is 296 g/mol. The fourth-order valence-electron chi connectivity index (χ4n) is 1.75. The summed E-state index contributed by atoms with van der Waals surface area (Å²) in [6.07, 6.45) is -4.50. The molecule has 2 radical (unpaired) electrons. The lowest BCUT2D eigenvalue weighted by Gasteiger charge is -2.15. The van der Waals surface area contributed by atoms with Crippen LogP contribution >= 0.6 is 23.2 Å².